The molecule has 0 fully saturated rings. The van der Waals surface area contributed by atoms with Crippen molar-refractivity contribution in [1.82, 2.24) is 10.3 Å². The van der Waals surface area contributed by atoms with E-state index >= 15 is 0 Å². The molecule has 1 heterocycles. The Morgan fingerprint density at radius 3 is 2.68 bits per heavy atom. The molecule has 1 rings (SSSR count). The number of halogens is 4. The van der Waals surface area contributed by atoms with Gasteiger partial charge in [-0.3, -0.25) is 0 Å². The predicted molar refractivity (Wildman–Crippen MR) is 81.9 cm³/mol. The van der Waals surface area contributed by atoms with Gasteiger partial charge in [-0.05, 0) is 25.2 Å². The molecule has 0 unspecified atom stereocenters. The Bertz CT molecular complexity index is 631. The molecule has 0 saturated heterocycles. The van der Waals surface area contributed by atoms with E-state index in [1.165, 1.54) is 6.08 Å². The fourth-order valence-corrected chi connectivity index (χ4v) is 1.60. The lowest BCUT2D eigenvalue weighted by atomic mass is 10.3. The number of aliphatic imine (C=N–C) groups is 1. The summed E-state index contributed by atoms with van der Waals surface area (Å²) in [5, 5.41) is 2.57. The number of nitrogens with two attached hydrogens (primary N) is 1. The van der Waals surface area contributed by atoms with Gasteiger partial charge in [-0.1, -0.05) is 11.6 Å². The van der Waals surface area contributed by atoms with Crippen molar-refractivity contribution in [3.05, 3.63) is 34.8 Å². The number of hydrogen-bond acceptors (Lipinski definition) is 4. The molecule has 1 aromatic rings. The molecule has 0 atom stereocenters. The maximum atomic E-state index is 12.5. The summed E-state index contributed by atoms with van der Waals surface area (Å²) in [7, 11) is 1.61. The molecule has 0 aliphatic rings. The molecule has 22 heavy (non-hydrogen) atoms. The molecule has 0 bridgehead atoms. The third-order valence-electron chi connectivity index (χ3n) is 2.19. The third-order valence-corrected chi connectivity index (χ3v) is 2.76. The van der Waals surface area contributed by atoms with Crippen LogP contribution in [0.3, 0.4) is 0 Å². The minimum atomic E-state index is -4.54. The SMILES string of the molecule is CNC(=S)N=C(C)C=C(N)Oc1ncc(C(F)(F)F)cc1Cl. The number of aromatic nitrogens is 1. The smallest absolute Gasteiger partial charge is 0.417 e. The summed E-state index contributed by atoms with van der Waals surface area (Å²) in [6, 6.07) is 0.703. The highest BCUT2D eigenvalue weighted by Crippen LogP contribution is 2.33. The summed E-state index contributed by atoms with van der Waals surface area (Å²) in [6.07, 6.45) is -2.60. The Balaban J connectivity index is 2.91. The number of thiocarbonyl (C=S) groups is 1. The number of alkyl halides is 3. The first-order valence-electron chi connectivity index (χ1n) is 5.78. The average molecular weight is 353 g/mol. The van der Waals surface area contributed by atoms with Crippen molar-refractivity contribution in [1.29, 1.82) is 0 Å². The average Bonchev–Trinajstić information content (AvgIpc) is 2.39. The topological polar surface area (TPSA) is 72.5 Å². The first kappa shape index (κ1) is 18.2. The maximum Gasteiger partial charge on any atom is 0.417 e. The fraction of sp³-hybridized carbons (Fsp3) is 0.250. The van der Waals surface area contributed by atoms with Gasteiger partial charge in [-0.15, -0.1) is 0 Å². The molecule has 10 heteroatoms. The quantitative estimate of drug-likeness (QED) is 0.497. The van der Waals surface area contributed by atoms with Gasteiger partial charge < -0.3 is 15.8 Å². The lowest BCUT2D eigenvalue weighted by Crippen LogP contribution is -2.15. The van der Waals surface area contributed by atoms with Gasteiger partial charge in [0.2, 0.25) is 5.88 Å². The molecule has 0 aromatic carbocycles. The highest BCUT2D eigenvalue weighted by Gasteiger charge is 2.31. The van der Waals surface area contributed by atoms with Crippen LogP contribution < -0.4 is 15.8 Å². The van der Waals surface area contributed by atoms with Crippen LogP contribution in [0.15, 0.2) is 29.2 Å². The second-order valence-electron chi connectivity index (χ2n) is 3.97. The standard InChI is InChI=1S/C12H12ClF3N4OS/c1-6(20-11(22)18-2)3-9(17)21-10-8(13)4-7(5-19-10)12(14,15)16/h3-5H,17H2,1-2H3,(H,18,22). The monoisotopic (exact) mass is 352 g/mol. The fourth-order valence-electron chi connectivity index (χ4n) is 1.25. The molecule has 0 spiro atoms. The van der Waals surface area contributed by atoms with Crippen LogP contribution in [0.2, 0.25) is 5.02 Å². The van der Waals surface area contributed by atoms with Crippen LogP contribution in [0.1, 0.15) is 12.5 Å². The van der Waals surface area contributed by atoms with Crippen LogP contribution in [-0.4, -0.2) is 22.9 Å². The lowest BCUT2D eigenvalue weighted by Gasteiger charge is -2.10. The van der Waals surface area contributed by atoms with Crippen LogP contribution in [0.5, 0.6) is 5.88 Å². The molecule has 120 valence electrons. The van der Waals surface area contributed by atoms with Crippen molar-refractivity contribution in [3.63, 3.8) is 0 Å². The van der Waals surface area contributed by atoms with E-state index in [4.69, 9.17) is 34.3 Å². The van der Waals surface area contributed by atoms with Crippen molar-refractivity contribution < 1.29 is 17.9 Å². The van der Waals surface area contributed by atoms with E-state index in [-0.39, 0.29) is 21.9 Å². The van der Waals surface area contributed by atoms with Gasteiger partial charge in [0.1, 0.15) is 5.02 Å². The summed E-state index contributed by atoms with van der Waals surface area (Å²) in [4.78, 5) is 7.44. The van der Waals surface area contributed by atoms with Gasteiger partial charge >= 0.3 is 6.18 Å². The van der Waals surface area contributed by atoms with Gasteiger partial charge in [0.05, 0.1) is 5.56 Å². The number of pyridine rings is 1. The second kappa shape index (κ2) is 7.41. The maximum absolute atomic E-state index is 12.5. The number of ether oxygens (including phenoxy) is 1. The molecular weight excluding hydrogens is 341 g/mol. The normalized spacial score (nSPS) is 13.0. The Morgan fingerprint density at radius 1 is 1.55 bits per heavy atom. The first-order chi connectivity index (χ1) is 10.1. The predicted octanol–water partition coefficient (Wildman–Crippen LogP) is 2.90. The van der Waals surface area contributed by atoms with Crippen molar-refractivity contribution in [2.24, 2.45) is 10.7 Å². The van der Waals surface area contributed by atoms with Crippen LogP contribution in [-0.2, 0) is 6.18 Å². The molecule has 0 amide bonds. The first-order valence-corrected chi connectivity index (χ1v) is 6.57. The Labute approximate surface area is 135 Å². The zero-order valence-electron chi connectivity index (χ0n) is 11.5. The van der Waals surface area contributed by atoms with Gasteiger partial charge in [0.25, 0.3) is 0 Å². The van der Waals surface area contributed by atoms with E-state index < -0.39 is 11.7 Å². The van der Waals surface area contributed by atoms with E-state index in [1.54, 1.807) is 14.0 Å². The summed E-state index contributed by atoms with van der Waals surface area (Å²) < 4.78 is 42.5. The van der Waals surface area contributed by atoms with Crippen LogP contribution in [0.4, 0.5) is 13.2 Å². The Kier molecular flexibility index (Phi) is 6.12. The molecule has 5 nitrogen and oxygen atoms in total. The highest BCUT2D eigenvalue weighted by atomic mass is 35.5. The lowest BCUT2D eigenvalue weighted by molar-refractivity contribution is -0.137. The summed E-state index contributed by atoms with van der Waals surface area (Å²) >= 11 is 10.5. The van der Waals surface area contributed by atoms with E-state index in [0.717, 1.165) is 0 Å². The zero-order valence-corrected chi connectivity index (χ0v) is 13.1. The van der Waals surface area contributed by atoms with E-state index in [9.17, 15) is 13.2 Å². The number of rotatable bonds is 3. The molecule has 0 saturated carbocycles. The number of nitrogens with zero attached hydrogens (tertiary/aromatic N) is 2. The zero-order chi connectivity index (χ0) is 16.9. The highest BCUT2D eigenvalue weighted by molar-refractivity contribution is 7.80. The molecule has 1 aromatic heterocycles. The van der Waals surface area contributed by atoms with Crippen LogP contribution in [0, 0.1) is 0 Å². The van der Waals surface area contributed by atoms with Crippen molar-refractivity contribution in [3.8, 4) is 5.88 Å². The van der Waals surface area contributed by atoms with Gasteiger partial charge in [-0.25, -0.2) is 9.98 Å². The van der Waals surface area contributed by atoms with Gasteiger partial charge in [0, 0.05) is 25.0 Å². The number of nitrogens with one attached hydrogen (secondary N) is 1. The van der Waals surface area contributed by atoms with E-state index in [2.05, 4.69) is 15.3 Å². The van der Waals surface area contributed by atoms with Crippen molar-refractivity contribution in [2.45, 2.75) is 13.1 Å². The Hall–Kier alpha value is -1.87. The largest absolute Gasteiger partial charge is 0.422 e. The summed E-state index contributed by atoms with van der Waals surface area (Å²) in [6.45, 7) is 1.61. The van der Waals surface area contributed by atoms with E-state index in [1.807, 2.05) is 0 Å². The summed E-state index contributed by atoms with van der Waals surface area (Å²) in [5.41, 5.74) is 5.04. The van der Waals surface area contributed by atoms with Crippen LogP contribution >= 0.6 is 23.8 Å². The minimum Gasteiger partial charge on any atom is -0.422 e. The van der Waals surface area contributed by atoms with Crippen LogP contribution in [0.25, 0.3) is 0 Å². The Morgan fingerprint density at radius 2 is 2.18 bits per heavy atom. The van der Waals surface area contributed by atoms with Gasteiger partial charge in [0.15, 0.2) is 11.0 Å². The minimum absolute atomic E-state index is 0.144. The third kappa shape index (κ3) is 5.49. The van der Waals surface area contributed by atoms with Gasteiger partial charge in [-0.2, -0.15) is 13.2 Å². The molecule has 0 radical (unpaired) electrons. The second-order valence-corrected chi connectivity index (χ2v) is 4.76. The van der Waals surface area contributed by atoms with Crippen molar-refractivity contribution >= 4 is 34.6 Å². The number of hydrogen-bond donors (Lipinski definition) is 2. The number of allylic oxidation sites excluding steroid dienone is 1. The molecular formula is C12H12ClF3N4OS. The molecule has 0 aliphatic carbocycles. The molecule has 3 N–H and O–H groups in total. The van der Waals surface area contributed by atoms with Crippen molar-refractivity contribution in [2.75, 3.05) is 7.05 Å². The molecule has 0 aliphatic heterocycles. The van der Waals surface area contributed by atoms with E-state index in [0.29, 0.717) is 18.0 Å². The summed E-state index contributed by atoms with van der Waals surface area (Å²) in [5.74, 6) is -0.387.